The predicted octanol–water partition coefficient (Wildman–Crippen LogP) is 3.85. The summed E-state index contributed by atoms with van der Waals surface area (Å²) >= 11 is 6.13. The summed E-state index contributed by atoms with van der Waals surface area (Å²) in [5.41, 5.74) is 4.60. The van der Waals surface area contributed by atoms with Gasteiger partial charge in [-0.1, -0.05) is 41.4 Å². The van der Waals surface area contributed by atoms with Crippen molar-refractivity contribution in [1.29, 1.82) is 0 Å². The highest BCUT2D eigenvalue weighted by Crippen LogP contribution is 2.29. The number of benzene rings is 2. The molecule has 0 saturated carbocycles. The average molecular weight is 245 g/mol. The van der Waals surface area contributed by atoms with E-state index in [1.165, 1.54) is 5.56 Å². The van der Waals surface area contributed by atoms with Gasteiger partial charge in [0.15, 0.2) is 5.52 Å². The lowest BCUT2D eigenvalue weighted by Crippen LogP contribution is -1.81. The second-order valence-electron chi connectivity index (χ2n) is 3.96. The third-order valence-corrected chi connectivity index (χ3v) is 2.95. The number of hydrogen-bond acceptors (Lipinski definition) is 3. The highest BCUT2D eigenvalue weighted by Gasteiger charge is 2.08. The monoisotopic (exact) mass is 244 g/mol. The molecular formula is C13H9ClN2O. The van der Waals surface area contributed by atoms with Crippen molar-refractivity contribution in [2.45, 2.75) is 6.92 Å². The summed E-state index contributed by atoms with van der Waals surface area (Å²) in [7, 11) is 0. The fourth-order valence-electron chi connectivity index (χ4n) is 1.84. The van der Waals surface area contributed by atoms with Crippen LogP contribution >= 0.6 is 11.6 Å². The summed E-state index contributed by atoms with van der Waals surface area (Å²) in [6.45, 7) is 2.06. The molecule has 1 aromatic heterocycles. The van der Waals surface area contributed by atoms with Crippen LogP contribution in [-0.4, -0.2) is 10.3 Å². The largest absolute Gasteiger partial charge is 0.243 e. The Morgan fingerprint density at radius 3 is 2.76 bits per heavy atom. The maximum Gasteiger partial charge on any atom is 0.153 e. The number of rotatable bonds is 1. The molecule has 0 unspecified atom stereocenters. The van der Waals surface area contributed by atoms with Crippen LogP contribution in [-0.2, 0) is 0 Å². The van der Waals surface area contributed by atoms with Gasteiger partial charge < -0.3 is 0 Å². The molecule has 2 aromatic carbocycles. The third kappa shape index (κ3) is 1.78. The fourth-order valence-corrected chi connectivity index (χ4v) is 2.09. The zero-order valence-electron chi connectivity index (χ0n) is 9.14. The van der Waals surface area contributed by atoms with Crippen molar-refractivity contribution in [3.8, 4) is 11.1 Å². The van der Waals surface area contributed by atoms with E-state index in [1.54, 1.807) is 0 Å². The SMILES string of the molecule is Cc1cccc(-c2cc(Cl)c3nonc3c2)c1. The summed E-state index contributed by atoms with van der Waals surface area (Å²) in [5.74, 6) is 0. The number of nitrogens with zero attached hydrogens (tertiary/aromatic N) is 2. The van der Waals surface area contributed by atoms with Crippen molar-refractivity contribution in [3.05, 3.63) is 47.0 Å². The first-order chi connectivity index (χ1) is 8.24. The van der Waals surface area contributed by atoms with E-state index in [0.29, 0.717) is 16.1 Å². The highest BCUT2D eigenvalue weighted by atomic mass is 35.5. The van der Waals surface area contributed by atoms with E-state index in [4.69, 9.17) is 11.6 Å². The molecule has 3 aromatic rings. The molecule has 4 heteroatoms. The van der Waals surface area contributed by atoms with Gasteiger partial charge >= 0.3 is 0 Å². The lowest BCUT2D eigenvalue weighted by Gasteiger charge is -2.03. The van der Waals surface area contributed by atoms with Crippen LogP contribution in [0.15, 0.2) is 41.0 Å². The predicted molar refractivity (Wildman–Crippen MR) is 67.0 cm³/mol. The van der Waals surface area contributed by atoms with Crippen LogP contribution in [0.4, 0.5) is 0 Å². The summed E-state index contributed by atoms with van der Waals surface area (Å²) in [6.07, 6.45) is 0. The van der Waals surface area contributed by atoms with Crippen molar-refractivity contribution in [2.75, 3.05) is 0 Å². The highest BCUT2D eigenvalue weighted by molar-refractivity contribution is 6.35. The Morgan fingerprint density at radius 2 is 1.94 bits per heavy atom. The van der Waals surface area contributed by atoms with Crippen molar-refractivity contribution in [2.24, 2.45) is 0 Å². The third-order valence-electron chi connectivity index (χ3n) is 2.67. The second kappa shape index (κ2) is 3.86. The molecule has 0 saturated heterocycles. The first-order valence-corrected chi connectivity index (χ1v) is 5.61. The summed E-state index contributed by atoms with van der Waals surface area (Å²) < 4.78 is 4.68. The molecule has 0 N–H and O–H groups in total. The molecule has 0 amide bonds. The van der Waals surface area contributed by atoms with Crippen LogP contribution in [0.3, 0.4) is 0 Å². The van der Waals surface area contributed by atoms with Gasteiger partial charge in [0.25, 0.3) is 0 Å². The minimum absolute atomic E-state index is 0.556. The Hall–Kier alpha value is -1.87. The topological polar surface area (TPSA) is 38.9 Å². The Morgan fingerprint density at radius 1 is 1.06 bits per heavy atom. The van der Waals surface area contributed by atoms with Gasteiger partial charge in [-0.25, -0.2) is 4.63 Å². The van der Waals surface area contributed by atoms with Gasteiger partial charge in [-0.15, -0.1) is 0 Å². The molecule has 0 fully saturated rings. The maximum absolute atomic E-state index is 6.13. The van der Waals surface area contributed by atoms with Gasteiger partial charge in [-0.3, -0.25) is 0 Å². The number of fused-ring (bicyclic) bond motifs is 1. The molecule has 0 radical (unpaired) electrons. The molecule has 3 nitrogen and oxygen atoms in total. The van der Waals surface area contributed by atoms with E-state index in [1.807, 2.05) is 24.3 Å². The standard InChI is InChI=1S/C13H9ClN2O/c1-8-3-2-4-9(5-8)10-6-11(14)13-12(7-10)15-17-16-13/h2-7H,1H3. The Bertz CT molecular complexity index is 691. The van der Waals surface area contributed by atoms with Crippen LogP contribution in [0.5, 0.6) is 0 Å². The summed E-state index contributed by atoms with van der Waals surface area (Å²) in [6, 6.07) is 12.0. The number of aromatic nitrogens is 2. The second-order valence-corrected chi connectivity index (χ2v) is 4.37. The van der Waals surface area contributed by atoms with Gasteiger partial charge in [0.2, 0.25) is 0 Å². The van der Waals surface area contributed by atoms with Crippen molar-refractivity contribution < 1.29 is 4.63 Å². The number of aryl methyl sites for hydroxylation is 1. The Balaban J connectivity index is 2.23. The molecule has 0 aliphatic heterocycles. The van der Waals surface area contributed by atoms with E-state index in [9.17, 15) is 0 Å². The van der Waals surface area contributed by atoms with E-state index >= 15 is 0 Å². The summed E-state index contributed by atoms with van der Waals surface area (Å²) in [4.78, 5) is 0. The molecule has 84 valence electrons. The molecule has 17 heavy (non-hydrogen) atoms. The van der Waals surface area contributed by atoms with Gasteiger partial charge in [0.05, 0.1) is 5.02 Å². The van der Waals surface area contributed by atoms with Gasteiger partial charge in [-0.2, -0.15) is 0 Å². The minimum Gasteiger partial charge on any atom is -0.243 e. The maximum atomic E-state index is 6.13. The van der Waals surface area contributed by atoms with Crippen LogP contribution in [0.2, 0.25) is 5.02 Å². The molecule has 0 bridgehead atoms. The summed E-state index contributed by atoms with van der Waals surface area (Å²) in [5, 5.41) is 8.13. The molecule has 0 atom stereocenters. The van der Waals surface area contributed by atoms with Gasteiger partial charge in [0, 0.05) is 0 Å². The smallest absolute Gasteiger partial charge is 0.153 e. The normalized spacial score (nSPS) is 10.9. The Labute approximate surface area is 103 Å². The molecule has 0 aliphatic carbocycles. The lowest BCUT2D eigenvalue weighted by molar-refractivity contribution is 0.315. The first-order valence-electron chi connectivity index (χ1n) is 5.23. The first kappa shape index (κ1) is 10.3. The minimum atomic E-state index is 0.556. The fraction of sp³-hybridized carbons (Fsp3) is 0.0769. The molecule has 1 heterocycles. The van der Waals surface area contributed by atoms with E-state index in [0.717, 1.165) is 11.1 Å². The quantitative estimate of drug-likeness (QED) is 0.653. The molecule has 3 rings (SSSR count). The van der Waals surface area contributed by atoms with Crippen molar-refractivity contribution in [3.63, 3.8) is 0 Å². The average Bonchev–Trinajstić information content (AvgIpc) is 2.77. The van der Waals surface area contributed by atoms with E-state index < -0.39 is 0 Å². The van der Waals surface area contributed by atoms with Crippen molar-refractivity contribution >= 4 is 22.6 Å². The van der Waals surface area contributed by atoms with Crippen LogP contribution in [0.1, 0.15) is 5.56 Å². The van der Waals surface area contributed by atoms with Crippen LogP contribution in [0, 0.1) is 6.92 Å². The number of halogens is 1. The van der Waals surface area contributed by atoms with Gasteiger partial charge in [-0.05, 0) is 40.5 Å². The molecule has 0 spiro atoms. The van der Waals surface area contributed by atoms with Crippen LogP contribution in [0.25, 0.3) is 22.2 Å². The van der Waals surface area contributed by atoms with Crippen molar-refractivity contribution in [1.82, 2.24) is 10.3 Å². The zero-order valence-corrected chi connectivity index (χ0v) is 9.90. The lowest BCUT2D eigenvalue weighted by atomic mass is 10.0. The number of hydrogen-bond donors (Lipinski definition) is 0. The van der Waals surface area contributed by atoms with Crippen LogP contribution < -0.4 is 0 Å². The van der Waals surface area contributed by atoms with Gasteiger partial charge in [0.1, 0.15) is 5.52 Å². The molecule has 0 aliphatic rings. The molecular weight excluding hydrogens is 236 g/mol. The van der Waals surface area contributed by atoms with E-state index in [2.05, 4.69) is 34.0 Å². The zero-order chi connectivity index (χ0) is 11.8. The van der Waals surface area contributed by atoms with E-state index in [-0.39, 0.29) is 0 Å². The Kier molecular flexibility index (Phi) is 2.34.